The Hall–Kier alpha value is -2.93. The summed E-state index contributed by atoms with van der Waals surface area (Å²) >= 11 is 0. The molecule has 0 fully saturated rings. The maximum absolute atomic E-state index is 13.2. The Labute approximate surface area is 151 Å². The van der Waals surface area contributed by atoms with Gasteiger partial charge < -0.3 is 0 Å². The Balaban J connectivity index is 1.86. The summed E-state index contributed by atoms with van der Waals surface area (Å²) in [6.07, 6.45) is 5.03. The molecule has 0 saturated heterocycles. The Morgan fingerprint density at radius 1 is 1.00 bits per heavy atom. The second-order valence-corrected chi connectivity index (χ2v) is 8.15. The standard InChI is InChI=1S/C19H18N4O2S/c1-13-5-4-6-17-19(13)23(12-20-17)26(24,25)18-8-7-15(9-14(18)2)16-10-21-22(3)11-16/h4-12H,1-3H3. The summed E-state index contributed by atoms with van der Waals surface area (Å²) in [5.41, 5.74) is 4.71. The van der Waals surface area contributed by atoms with Crippen molar-refractivity contribution < 1.29 is 8.42 Å². The third kappa shape index (κ3) is 2.52. The van der Waals surface area contributed by atoms with Crippen molar-refractivity contribution in [3.63, 3.8) is 0 Å². The quantitative estimate of drug-likeness (QED) is 0.558. The van der Waals surface area contributed by atoms with Gasteiger partial charge in [-0.1, -0.05) is 18.2 Å². The molecule has 2 aromatic heterocycles. The van der Waals surface area contributed by atoms with E-state index in [0.717, 1.165) is 16.7 Å². The lowest BCUT2D eigenvalue weighted by molar-refractivity contribution is 0.588. The molecule has 132 valence electrons. The fourth-order valence-corrected chi connectivity index (χ4v) is 4.75. The summed E-state index contributed by atoms with van der Waals surface area (Å²) in [6, 6.07) is 10.9. The summed E-state index contributed by atoms with van der Waals surface area (Å²) in [5, 5.41) is 4.16. The number of hydrogen-bond acceptors (Lipinski definition) is 4. The van der Waals surface area contributed by atoms with Crippen LogP contribution in [0, 0.1) is 13.8 Å². The normalized spacial score (nSPS) is 12.0. The van der Waals surface area contributed by atoms with Gasteiger partial charge in [0.15, 0.2) is 0 Å². The largest absolute Gasteiger partial charge is 0.275 e. The van der Waals surface area contributed by atoms with Crippen LogP contribution >= 0.6 is 0 Å². The lowest BCUT2D eigenvalue weighted by Crippen LogP contribution is -2.13. The van der Waals surface area contributed by atoms with Crippen LogP contribution in [0.3, 0.4) is 0 Å². The summed E-state index contributed by atoms with van der Waals surface area (Å²) in [7, 11) is -1.89. The van der Waals surface area contributed by atoms with Crippen LogP contribution in [0.25, 0.3) is 22.2 Å². The molecule has 26 heavy (non-hydrogen) atoms. The molecule has 4 aromatic rings. The van der Waals surface area contributed by atoms with E-state index >= 15 is 0 Å². The number of rotatable bonds is 3. The van der Waals surface area contributed by atoms with Crippen LogP contribution in [0.5, 0.6) is 0 Å². The summed E-state index contributed by atoms with van der Waals surface area (Å²) in [6.45, 7) is 3.69. The van der Waals surface area contributed by atoms with E-state index in [1.807, 2.05) is 50.5 Å². The van der Waals surface area contributed by atoms with Crippen molar-refractivity contribution in [1.29, 1.82) is 0 Å². The van der Waals surface area contributed by atoms with Crippen molar-refractivity contribution in [2.75, 3.05) is 0 Å². The Morgan fingerprint density at radius 3 is 2.50 bits per heavy atom. The summed E-state index contributed by atoms with van der Waals surface area (Å²) in [5.74, 6) is 0. The number of aryl methyl sites for hydroxylation is 3. The van der Waals surface area contributed by atoms with Gasteiger partial charge in [-0.15, -0.1) is 0 Å². The van der Waals surface area contributed by atoms with Crippen LogP contribution in [-0.4, -0.2) is 27.2 Å². The highest BCUT2D eigenvalue weighted by Gasteiger charge is 2.22. The lowest BCUT2D eigenvalue weighted by Gasteiger charge is -2.11. The van der Waals surface area contributed by atoms with Crippen molar-refractivity contribution in [3.8, 4) is 11.1 Å². The fourth-order valence-electron chi connectivity index (χ4n) is 3.18. The van der Waals surface area contributed by atoms with Gasteiger partial charge >= 0.3 is 0 Å². The first-order chi connectivity index (χ1) is 12.4. The highest BCUT2D eigenvalue weighted by molar-refractivity contribution is 7.90. The molecular weight excluding hydrogens is 348 g/mol. The minimum absolute atomic E-state index is 0.271. The average molecular weight is 366 g/mol. The maximum atomic E-state index is 13.2. The molecule has 0 aliphatic carbocycles. The van der Waals surface area contributed by atoms with Crippen LogP contribution in [0.4, 0.5) is 0 Å². The van der Waals surface area contributed by atoms with Gasteiger partial charge in [0.05, 0.1) is 22.1 Å². The van der Waals surface area contributed by atoms with Crippen LogP contribution in [-0.2, 0) is 17.1 Å². The maximum Gasteiger partial charge on any atom is 0.269 e. The van der Waals surface area contributed by atoms with Crippen molar-refractivity contribution >= 4 is 21.1 Å². The van der Waals surface area contributed by atoms with Crippen molar-refractivity contribution in [2.24, 2.45) is 7.05 Å². The molecule has 0 aliphatic heterocycles. The number of para-hydroxylation sites is 1. The van der Waals surface area contributed by atoms with E-state index in [-0.39, 0.29) is 4.90 Å². The summed E-state index contributed by atoms with van der Waals surface area (Å²) < 4.78 is 29.5. The van der Waals surface area contributed by atoms with Gasteiger partial charge in [-0.25, -0.2) is 17.4 Å². The van der Waals surface area contributed by atoms with Gasteiger partial charge in [0.2, 0.25) is 0 Å². The lowest BCUT2D eigenvalue weighted by atomic mass is 10.1. The molecule has 0 unspecified atom stereocenters. The first-order valence-corrected chi connectivity index (χ1v) is 9.60. The average Bonchev–Trinajstić information content (AvgIpc) is 3.22. The second-order valence-electron chi connectivity index (χ2n) is 6.37. The highest BCUT2D eigenvalue weighted by Crippen LogP contribution is 2.28. The van der Waals surface area contributed by atoms with Gasteiger partial charge in [0.25, 0.3) is 10.0 Å². The minimum Gasteiger partial charge on any atom is -0.275 e. The zero-order valence-corrected chi connectivity index (χ0v) is 15.5. The zero-order chi connectivity index (χ0) is 18.5. The number of nitrogens with zero attached hydrogens (tertiary/aromatic N) is 4. The van der Waals surface area contributed by atoms with Crippen LogP contribution < -0.4 is 0 Å². The first kappa shape index (κ1) is 16.5. The van der Waals surface area contributed by atoms with Crippen molar-refractivity contribution in [1.82, 2.24) is 18.7 Å². The smallest absolute Gasteiger partial charge is 0.269 e. The van der Waals surface area contributed by atoms with E-state index in [0.29, 0.717) is 16.6 Å². The summed E-state index contributed by atoms with van der Waals surface area (Å²) in [4.78, 5) is 4.51. The van der Waals surface area contributed by atoms with Crippen LogP contribution in [0.1, 0.15) is 11.1 Å². The number of imidazole rings is 1. The van der Waals surface area contributed by atoms with E-state index in [1.165, 1.54) is 10.3 Å². The molecule has 0 amide bonds. The molecule has 2 aromatic carbocycles. The Morgan fingerprint density at radius 2 is 1.81 bits per heavy atom. The molecule has 0 spiro atoms. The van der Waals surface area contributed by atoms with E-state index in [1.54, 1.807) is 23.9 Å². The third-order valence-electron chi connectivity index (χ3n) is 4.49. The van der Waals surface area contributed by atoms with Gasteiger partial charge in [0, 0.05) is 18.8 Å². The molecule has 0 atom stereocenters. The molecule has 2 heterocycles. The molecule has 0 saturated carbocycles. The molecular formula is C19H18N4O2S. The molecule has 4 rings (SSSR count). The third-order valence-corrected chi connectivity index (χ3v) is 6.30. The van der Waals surface area contributed by atoms with Crippen molar-refractivity contribution in [3.05, 3.63) is 66.2 Å². The predicted molar refractivity (Wildman–Crippen MR) is 100 cm³/mol. The minimum atomic E-state index is -3.74. The predicted octanol–water partition coefficient (Wildman–Crippen LogP) is 3.29. The topological polar surface area (TPSA) is 69.8 Å². The van der Waals surface area contributed by atoms with Gasteiger partial charge in [-0.3, -0.25) is 4.68 Å². The molecule has 7 heteroatoms. The van der Waals surface area contributed by atoms with Crippen molar-refractivity contribution in [2.45, 2.75) is 18.7 Å². The molecule has 0 N–H and O–H groups in total. The molecule has 0 aliphatic rings. The first-order valence-electron chi connectivity index (χ1n) is 8.16. The monoisotopic (exact) mass is 366 g/mol. The van der Waals surface area contributed by atoms with E-state index in [4.69, 9.17) is 0 Å². The molecule has 6 nitrogen and oxygen atoms in total. The molecule has 0 radical (unpaired) electrons. The zero-order valence-electron chi connectivity index (χ0n) is 14.7. The number of benzene rings is 2. The number of fused-ring (bicyclic) bond motifs is 1. The van der Waals surface area contributed by atoms with Gasteiger partial charge in [0.1, 0.15) is 6.33 Å². The fraction of sp³-hybridized carbons (Fsp3) is 0.158. The molecule has 0 bridgehead atoms. The Bertz CT molecular complexity index is 1240. The van der Waals surface area contributed by atoms with Gasteiger partial charge in [-0.2, -0.15) is 5.10 Å². The van der Waals surface area contributed by atoms with E-state index in [2.05, 4.69) is 10.1 Å². The van der Waals surface area contributed by atoms with Gasteiger partial charge in [-0.05, 0) is 48.7 Å². The SMILES string of the molecule is Cc1cc(-c2cnn(C)c2)ccc1S(=O)(=O)n1cnc2cccc(C)c21. The van der Waals surface area contributed by atoms with Crippen LogP contribution in [0.2, 0.25) is 0 Å². The Kier molecular flexibility index (Phi) is 3.69. The van der Waals surface area contributed by atoms with E-state index in [9.17, 15) is 8.42 Å². The number of hydrogen-bond donors (Lipinski definition) is 0. The van der Waals surface area contributed by atoms with E-state index < -0.39 is 10.0 Å². The number of aromatic nitrogens is 4. The highest BCUT2D eigenvalue weighted by atomic mass is 32.2. The van der Waals surface area contributed by atoms with Crippen LogP contribution in [0.15, 0.2) is 60.0 Å². The second kappa shape index (κ2) is 5.81.